The minimum atomic E-state index is -2.35. The molecule has 1 aromatic heterocycles. The third-order valence-electron chi connectivity index (χ3n) is 9.25. The molecule has 4 aliphatic carbocycles. The Hall–Kier alpha value is -2.81. The Bertz CT molecular complexity index is 1160. The molecule has 7 nitrogen and oxygen atoms in total. The van der Waals surface area contributed by atoms with Crippen molar-refractivity contribution in [3.63, 3.8) is 0 Å². The average molecular weight is 490 g/mol. The molecule has 0 aliphatic heterocycles. The number of halogens is 2. The Labute approximate surface area is 200 Å². The van der Waals surface area contributed by atoms with E-state index in [-0.39, 0.29) is 30.6 Å². The molecular weight excluding hydrogens is 462 g/mol. The number of rotatable bonds is 3. The fourth-order valence-electron chi connectivity index (χ4n) is 7.85. The van der Waals surface area contributed by atoms with Gasteiger partial charge in [-0.25, -0.2) is 13.6 Å². The molecule has 3 saturated carbocycles. The summed E-state index contributed by atoms with van der Waals surface area (Å²) >= 11 is 0. The second-order valence-electron chi connectivity index (χ2n) is 11.1. The number of esters is 1. The van der Waals surface area contributed by atoms with E-state index >= 15 is 8.78 Å². The van der Waals surface area contributed by atoms with Crippen molar-refractivity contribution >= 4 is 17.7 Å². The van der Waals surface area contributed by atoms with E-state index < -0.39 is 69.9 Å². The molecule has 0 aromatic carbocycles. The Morgan fingerprint density at radius 3 is 2.54 bits per heavy atom. The summed E-state index contributed by atoms with van der Waals surface area (Å²) in [6.07, 6.45) is 1.07. The normalized spacial score (nSPS) is 46.3. The molecule has 0 saturated heterocycles. The van der Waals surface area contributed by atoms with Crippen LogP contribution in [0.15, 0.2) is 46.6 Å². The van der Waals surface area contributed by atoms with Crippen molar-refractivity contribution in [2.45, 2.75) is 63.6 Å². The lowest BCUT2D eigenvalue weighted by Crippen LogP contribution is -2.68. The summed E-state index contributed by atoms with van der Waals surface area (Å²) in [4.78, 5) is 37.2. The van der Waals surface area contributed by atoms with E-state index in [1.165, 1.54) is 44.4 Å². The smallest absolute Gasteiger partial charge is 0.374 e. The van der Waals surface area contributed by atoms with Gasteiger partial charge in [0, 0.05) is 11.3 Å². The first-order valence-electron chi connectivity index (χ1n) is 11.7. The monoisotopic (exact) mass is 490 g/mol. The molecule has 1 aromatic rings. The average Bonchev–Trinajstić information content (AvgIpc) is 3.37. The molecule has 2 N–H and O–H groups in total. The predicted molar refractivity (Wildman–Crippen MR) is 118 cm³/mol. The van der Waals surface area contributed by atoms with Gasteiger partial charge in [-0.3, -0.25) is 9.59 Å². The van der Waals surface area contributed by atoms with Gasteiger partial charge in [0.1, 0.15) is 17.7 Å². The number of hydrogen-bond acceptors (Lipinski definition) is 6. The number of fused-ring (bicyclic) bond motifs is 5. The topological polar surface area (TPSA) is 114 Å². The van der Waals surface area contributed by atoms with Crippen molar-refractivity contribution in [2.24, 2.45) is 28.6 Å². The van der Waals surface area contributed by atoms with Gasteiger partial charge < -0.3 is 19.4 Å². The number of carbonyl (C=O) groups excluding carboxylic acids is 2. The molecule has 5 rings (SSSR count). The number of aliphatic hydroxyl groups is 1. The Morgan fingerprint density at radius 1 is 1.20 bits per heavy atom. The third-order valence-corrected chi connectivity index (χ3v) is 9.25. The zero-order valence-electron chi connectivity index (χ0n) is 19.7. The van der Waals surface area contributed by atoms with Crippen molar-refractivity contribution in [3.05, 3.63) is 48.0 Å². The lowest BCUT2D eigenvalue weighted by atomic mass is 9.45. The van der Waals surface area contributed by atoms with Crippen molar-refractivity contribution in [1.29, 1.82) is 0 Å². The standard InChI is InChI=1S/C26H28F2O7/c1-23-12-19(30)26(28)14(10-17(27)15-9-13(29)6-7-24(15,26)2)16(23)11-25(3,20(23)21(31)32)35-22(33)18-5-4-8-34-18/h4-9,14,16-17,19-20,30H,10-12H2,1-3H3,(H,31,32)/t14?,16?,17-,19-,20+,23-,24-,25?,26-/m0/s1. The number of carboxylic acid groups (broad SMARTS) is 1. The Balaban J connectivity index is 1.60. The van der Waals surface area contributed by atoms with Gasteiger partial charge in [-0.2, -0.15) is 0 Å². The van der Waals surface area contributed by atoms with E-state index in [1.54, 1.807) is 6.92 Å². The minimum Gasteiger partial charge on any atom is -0.481 e. The van der Waals surface area contributed by atoms with Crippen LogP contribution in [0.3, 0.4) is 0 Å². The highest BCUT2D eigenvalue weighted by Gasteiger charge is 2.76. The fraction of sp³-hybridized carbons (Fsp3) is 0.577. The summed E-state index contributed by atoms with van der Waals surface area (Å²) in [7, 11) is 0. The number of aliphatic carboxylic acids is 1. The molecule has 0 spiro atoms. The molecule has 4 aliphatic rings. The zero-order chi connectivity index (χ0) is 25.6. The second kappa shape index (κ2) is 7.35. The number of aliphatic hydroxyl groups excluding tert-OH is 1. The lowest BCUT2D eigenvalue weighted by Gasteiger charge is -2.62. The molecule has 9 atom stereocenters. The molecule has 3 fully saturated rings. The summed E-state index contributed by atoms with van der Waals surface area (Å²) in [6.45, 7) is 4.61. The van der Waals surface area contributed by atoms with Gasteiger partial charge >= 0.3 is 11.9 Å². The summed E-state index contributed by atoms with van der Waals surface area (Å²) < 4.78 is 43.5. The number of hydrogen-bond donors (Lipinski definition) is 2. The first kappa shape index (κ1) is 23.9. The molecule has 3 unspecified atom stereocenters. The first-order chi connectivity index (χ1) is 16.3. The van der Waals surface area contributed by atoms with Crippen molar-refractivity contribution in [1.82, 2.24) is 0 Å². The van der Waals surface area contributed by atoms with Gasteiger partial charge in [0.05, 0.1) is 12.4 Å². The van der Waals surface area contributed by atoms with Gasteiger partial charge in [-0.1, -0.05) is 13.0 Å². The minimum absolute atomic E-state index is 0.00815. The van der Waals surface area contributed by atoms with E-state index in [0.29, 0.717) is 0 Å². The van der Waals surface area contributed by atoms with Crippen LogP contribution in [0.2, 0.25) is 0 Å². The van der Waals surface area contributed by atoms with Crippen LogP contribution in [0.1, 0.15) is 50.6 Å². The maximum Gasteiger partial charge on any atom is 0.374 e. The number of ether oxygens (including phenoxy) is 1. The summed E-state index contributed by atoms with van der Waals surface area (Å²) in [5, 5.41) is 21.5. The van der Waals surface area contributed by atoms with E-state index in [9.17, 15) is 24.6 Å². The van der Waals surface area contributed by atoms with Crippen LogP contribution in [0, 0.1) is 28.6 Å². The van der Waals surface area contributed by atoms with Gasteiger partial charge in [-0.15, -0.1) is 0 Å². The van der Waals surface area contributed by atoms with E-state index in [2.05, 4.69) is 0 Å². The highest BCUT2D eigenvalue weighted by molar-refractivity contribution is 6.01. The number of carbonyl (C=O) groups is 3. The van der Waals surface area contributed by atoms with Crippen LogP contribution in [0.4, 0.5) is 8.78 Å². The summed E-state index contributed by atoms with van der Waals surface area (Å²) in [6, 6.07) is 2.89. The zero-order valence-corrected chi connectivity index (χ0v) is 19.7. The number of carboxylic acids is 1. The van der Waals surface area contributed by atoms with Crippen LogP contribution in [-0.4, -0.2) is 51.5 Å². The number of ketones is 1. The van der Waals surface area contributed by atoms with Crippen molar-refractivity contribution < 1.29 is 42.5 Å². The molecule has 35 heavy (non-hydrogen) atoms. The number of furan rings is 1. The van der Waals surface area contributed by atoms with Crippen LogP contribution in [-0.2, 0) is 14.3 Å². The second-order valence-corrected chi connectivity index (χ2v) is 11.1. The molecule has 188 valence electrons. The lowest BCUT2D eigenvalue weighted by molar-refractivity contribution is -0.205. The number of allylic oxidation sites excluding steroid dienone is 4. The predicted octanol–water partition coefficient (Wildman–Crippen LogP) is 3.82. The van der Waals surface area contributed by atoms with Crippen molar-refractivity contribution in [3.8, 4) is 0 Å². The van der Waals surface area contributed by atoms with Gasteiger partial charge in [-0.05, 0) is 74.3 Å². The molecule has 0 radical (unpaired) electrons. The van der Waals surface area contributed by atoms with E-state index in [4.69, 9.17) is 9.15 Å². The van der Waals surface area contributed by atoms with Crippen molar-refractivity contribution in [2.75, 3.05) is 0 Å². The summed E-state index contributed by atoms with van der Waals surface area (Å²) in [5.74, 6) is -5.70. The molecule has 9 heteroatoms. The highest BCUT2D eigenvalue weighted by atomic mass is 19.1. The molecule has 1 heterocycles. The maximum absolute atomic E-state index is 17.2. The molecule has 0 amide bonds. The van der Waals surface area contributed by atoms with Gasteiger partial charge in [0.15, 0.2) is 11.5 Å². The van der Waals surface area contributed by atoms with Crippen LogP contribution in [0.5, 0.6) is 0 Å². The van der Waals surface area contributed by atoms with E-state index in [1.807, 2.05) is 0 Å². The third kappa shape index (κ3) is 3.00. The Morgan fingerprint density at radius 2 is 1.91 bits per heavy atom. The van der Waals surface area contributed by atoms with E-state index in [0.717, 1.165) is 6.08 Å². The van der Waals surface area contributed by atoms with Gasteiger partial charge in [0.2, 0.25) is 5.76 Å². The van der Waals surface area contributed by atoms with Crippen LogP contribution >= 0.6 is 0 Å². The van der Waals surface area contributed by atoms with Crippen LogP contribution < -0.4 is 0 Å². The fourth-order valence-corrected chi connectivity index (χ4v) is 7.85. The molecular formula is C26H28F2O7. The molecule has 0 bridgehead atoms. The maximum atomic E-state index is 17.2. The first-order valence-corrected chi connectivity index (χ1v) is 11.7. The largest absolute Gasteiger partial charge is 0.481 e. The quantitative estimate of drug-likeness (QED) is 0.619. The van der Waals surface area contributed by atoms with Crippen LogP contribution in [0.25, 0.3) is 0 Å². The van der Waals surface area contributed by atoms with Gasteiger partial charge in [0.25, 0.3) is 0 Å². The Kier molecular flexibility index (Phi) is 5.02. The SMILES string of the molecule is CC1(OC(=O)c2ccco2)CC2C3C[C@H](F)C4=CC(=O)C=C[C@]4(C)[C@@]3(F)[C@@H](O)C[C@]2(C)[C@H]1C(=O)O. The highest BCUT2D eigenvalue weighted by Crippen LogP contribution is 2.71. The summed E-state index contributed by atoms with van der Waals surface area (Å²) in [5.41, 5.74) is -6.67. The number of alkyl halides is 2.